The molecular weight excluding hydrogens is 262 g/mol. The van der Waals surface area contributed by atoms with E-state index >= 15 is 0 Å². The number of nitrogens with zero attached hydrogens (tertiary/aromatic N) is 1. The van der Waals surface area contributed by atoms with Gasteiger partial charge < -0.3 is 4.74 Å². The predicted molar refractivity (Wildman–Crippen MR) is 89.2 cm³/mol. The number of rotatable bonds is 7. The smallest absolute Gasteiger partial charge is 0.330 e. The summed E-state index contributed by atoms with van der Waals surface area (Å²) >= 11 is 0. The number of allylic oxidation sites excluding steroid dienone is 1. The number of ether oxygens (including phenoxy) is 1. The molecule has 0 aliphatic rings. The fraction of sp³-hybridized carbons (Fsp3) is 0.333. The number of benzene rings is 1. The molecule has 1 rings (SSSR count). The van der Waals surface area contributed by atoms with Gasteiger partial charge in [0, 0.05) is 17.9 Å². The molecule has 1 aromatic rings. The van der Waals surface area contributed by atoms with Gasteiger partial charge in [0.1, 0.15) is 0 Å². The fourth-order valence-electron chi connectivity index (χ4n) is 1.88. The first kappa shape index (κ1) is 16.9. The van der Waals surface area contributed by atoms with E-state index in [4.69, 9.17) is 4.74 Å². The third-order valence-corrected chi connectivity index (χ3v) is 2.82. The zero-order valence-electron chi connectivity index (χ0n) is 13.0. The summed E-state index contributed by atoms with van der Waals surface area (Å²) in [7, 11) is 0. The number of esters is 1. The van der Waals surface area contributed by atoms with Crippen molar-refractivity contribution in [3.05, 3.63) is 47.5 Å². The summed E-state index contributed by atoms with van der Waals surface area (Å²) in [4.78, 5) is 15.9. The molecular formula is C18H23NO2. The van der Waals surface area contributed by atoms with Crippen molar-refractivity contribution < 1.29 is 9.53 Å². The van der Waals surface area contributed by atoms with E-state index < -0.39 is 0 Å². The van der Waals surface area contributed by atoms with Crippen LogP contribution < -0.4 is 0 Å². The standard InChI is InChI=1S/C18H23NO2/c1-4-7-12-17(19-5-2)16-11-9-8-10-15(16)13-14-18(20)21-6-3/h5,8-14H,4,6-7H2,1-3H3. The lowest BCUT2D eigenvalue weighted by Gasteiger charge is -2.07. The van der Waals surface area contributed by atoms with Crippen molar-refractivity contribution >= 4 is 24.0 Å². The monoisotopic (exact) mass is 285 g/mol. The number of carbonyl (C=O) groups excluding carboxylic acids is 1. The van der Waals surface area contributed by atoms with Gasteiger partial charge in [-0.05, 0) is 31.9 Å². The van der Waals surface area contributed by atoms with Crippen molar-refractivity contribution in [2.75, 3.05) is 6.61 Å². The second kappa shape index (κ2) is 9.70. The van der Waals surface area contributed by atoms with Crippen LogP contribution in [0.2, 0.25) is 0 Å². The molecule has 0 saturated carbocycles. The largest absolute Gasteiger partial charge is 0.463 e. The molecule has 0 heterocycles. The highest BCUT2D eigenvalue weighted by Crippen LogP contribution is 2.22. The van der Waals surface area contributed by atoms with Crippen molar-refractivity contribution in [3.8, 4) is 0 Å². The molecule has 0 N–H and O–H groups in total. The summed E-state index contributed by atoms with van der Waals surface area (Å²) in [5.74, 6) is -0.328. The maximum absolute atomic E-state index is 11.4. The Morgan fingerprint density at radius 2 is 2.05 bits per heavy atom. The Balaban J connectivity index is 3.09. The Morgan fingerprint density at radius 3 is 2.71 bits per heavy atom. The molecule has 0 spiro atoms. The first-order valence-electron chi connectivity index (χ1n) is 7.36. The van der Waals surface area contributed by atoms with Crippen LogP contribution >= 0.6 is 0 Å². The molecule has 0 amide bonds. The molecule has 0 aliphatic heterocycles. The molecule has 0 bridgehead atoms. The Bertz CT molecular complexity index is 542. The van der Waals surface area contributed by atoms with Crippen LogP contribution in [0.25, 0.3) is 11.8 Å². The van der Waals surface area contributed by atoms with Gasteiger partial charge in [-0.15, -0.1) is 0 Å². The van der Waals surface area contributed by atoms with Gasteiger partial charge in [0.25, 0.3) is 0 Å². The first-order chi connectivity index (χ1) is 10.2. The van der Waals surface area contributed by atoms with Crippen molar-refractivity contribution in [1.29, 1.82) is 0 Å². The van der Waals surface area contributed by atoms with Crippen LogP contribution in [0.4, 0.5) is 0 Å². The molecule has 3 heteroatoms. The quantitative estimate of drug-likeness (QED) is 0.420. The molecule has 0 radical (unpaired) electrons. The third kappa shape index (κ3) is 5.78. The number of hydrogen-bond acceptors (Lipinski definition) is 3. The minimum absolute atomic E-state index is 0.328. The summed E-state index contributed by atoms with van der Waals surface area (Å²) in [5, 5.41) is 0. The van der Waals surface area contributed by atoms with E-state index in [0.29, 0.717) is 6.61 Å². The number of aliphatic imine (C=N–C) groups is 1. The molecule has 21 heavy (non-hydrogen) atoms. The van der Waals surface area contributed by atoms with E-state index in [1.54, 1.807) is 19.2 Å². The molecule has 0 aliphatic carbocycles. The second-order valence-electron chi connectivity index (χ2n) is 4.44. The SMILES string of the molecule is CC=NC(=CCCC)c1ccccc1C=CC(=O)OCC. The van der Waals surface area contributed by atoms with Crippen molar-refractivity contribution in [3.63, 3.8) is 0 Å². The van der Waals surface area contributed by atoms with Crippen LogP contribution in [0.5, 0.6) is 0 Å². The minimum atomic E-state index is -0.328. The Hall–Kier alpha value is -2.16. The molecule has 0 aromatic heterocycles. The Morgan fingerprint density at radius 1 is 1.29 bits per heavy atom. The topological polar surface area (TPSA) is 38.7 Å². The van der Waals surface area contributed by atoms with Gasteiger partial charge in [0.2, 0.25) is 0 Å². The van der Waals surface area contributed by atoms with Gasteiger partial charge in [0.05, 0.1) is 12.3 Å². The number of unbranched alkanes of at least 4 members (excludes halogenated alkanes) is 1. The minimum Gasteiger partial charge on any atom is -0.463 e. The van der Waals surface area contributed by atoms with E-state index in [1.165, 1.54) is 6.08 Å². The highest BCUT2D eigenvalue weighted by atomic mass is 16.5. The van der Waals surface area contributed by atoms with Crippen LogP contribution in [0.15, 0.2) is 41.4 Å². The zero-order valence-corrected chi connectivity index (χ0v) is 13.0. The van der Waals surface area contributed by atoms with E-state index in [0.717, 1.165) is 29.7 Å². The molecule has 0 saturated heterocycles. The van der Waals surface area contributed by atoms with Crippen LogP contribution in [-0.4, -0.2) is 18.8 Å². The van der Waals surface area contributed by atoms with Gasteiger partial charge in [-0.25, -0.2) is 4.79 Å². The lowest BCUT2D eigenvalue weighted by Crippen LogP contribution is -1.99. The van der Waals surface area contributed by atoms with Gasteiger partial charge in [-0.1, -0.05) is 43.7 Å². The molecule has 1 aromatic carbocycles. The molecule has 112 valence electrons. The van der Waals surface area contributed by atoms with Crippen LogP contribution in [-0.2, 0) is 9.53 Å². The van der Waals surface area contributed by atoms with Gasteiger partial charge in [0.15, 0.2) is 0 Å². The van der Waals surface area contributed by atoms with Gasteiger partial charge in [-0.2, -0.15) is 0 Å². The Labute approximate surface area is 127 Å². The highest BCUT2D eigenvalue weighted by molar-refractivity contribution is 5.89. The van der Waals surface area contributed by atoms with E-state index in [9.17, 15) is 4.79 Å². The van der Waals surface area contributed by atoms with Crippen LogP contribution in [0.1, 0.15) is 44.7 Å². The average Bonchev–Trinajstić information content (AvgIpc) is 2.50. The first-order valence-corrected chi connectivity index (χ1v) is 7.36. The molecule has 0 atom stereocenters. The maximum Gasteiger partial charge on any atom is 0.330 e. The number of carbonyl (C=O) groups is 1. The van der Waals surface area contributed by atoms with E-state index in [-0.39, 0.29) is 5.97 Å². The van der Waals surface area contributed by atoms with Crippen molar-refractivity contribution in [2.45, 2.75) is 33.6 Å². The molecule has 0 unspecified atom stereocenters. The zero-order chi connectivity index (χ0) is 15.5. The Kier molecular flexibility index (Phi) is 7.80. The van der Waals surface area contributed by atoms with Crippen molar-refractivity contribution in [1.82, 2.24) is 0 Å². The predicted octanol–water partition coefficient (Wildman–Crippen LogP) is 4.49. The molecule has 3 nitrogen and oxygen atoms in total. The summed E-state index contributed by atoms with van der Waals surface area (Å²) in [6.45, 7) is 6.21. The fourth-order valence-corrected chi connectivity index (χ4v) is 1.88. The summed E-state index contributed by atoms with van der Waals surface area (Å²) in [5.41, 5.74) is 2.91. The van der Waals surface area contributed by atoms with E-state index in [1.807, 2.05) is 31.2 Å². The van der Waals surface area contributed by atoms with Gasteiger partial charge >= 0.3 is 5.97 Å². The van der Waals surface area contributed by atoms with Crippen LogP contribution in [0.3, 0.4) is 0 Å². The second-order valence-corrected chi connectivity index (χ2v) is 4.44. The van der Waals surface area contributed by atoms with Crippen molar-refractivity contribution in [2.24, 2.45) is 4.99 Å². The van der Waals surface area contributed by atoms with Gasteiger partial charge in [-0.3, -0.25) is 4.99 Å². The highest BCUT2D eigenvalue weighted by Gasteiger charge is 2.04. The summed E-state index contributed by atoms with van der Waals surface area (Å²) in [6, 6.07) is 7.90. The lowest BCUT2D eigenvalue weighted by atomic mass is 10.0. The molecule has 0 fully saturated rings. The average molecular weight is 285 g/mol. The van der Waals surface area contributed by atoms with Crippen LogP contribution in [0, 0.1) is 0 Å². The third-order valence-electron chi connectivity index (χ3n) is 2.82. The van der Waals surface area contributed by atoms with E-state index in [2.05, 4.69) is 18.0 Å². The normalized spacial score (nSPS) is 12.2. The lowest BCUT2D eigenvalue weighted by molar-refractivity contribution is -0.137. The summed E-state index contributed by atoms with van der Waals surface area (Å²) in [6.07, 6.45) is 9.18. The summed E-state index contributed by atoms with van der Waals surface area (Å²) < 4.78 is 4.91. The number of hydrogen-bond donors (Lipinski definition) is 0. The maximum atomic E-state index is 11.4.